The fourth-order valence-corrected chi connectivity index (χ4v) is 3.66. The fraction of sp³-hybridized carbons (Fsp3) is 0.304. The molecule has 0 unspecified atom stereocenters. The first kappa shape index (κ1) is 20.0. The lowest BCUT2D eigenvalue weighted by atomic mass is 10.1. The van der Waals surface area contributed by atoms with E-state index in [0.29, 0.717) is 53.5 Å². The molecule has 32 heavy (non-hydrogen) atoms. The van der Waals surface area contributed by atoms with Gasteiger partial charge in [0.05, 0.1) is 29.4 Å². The number of aromatic nitrogens is 5. The fourth-order valence-electron chi connectivity index (χ4n) is 3.66. The van der Waals surface area contributed by atoms with Crippen molar-refractivity contribution in [3.8, 4) is 22.8 Å². The van der Waals surface area contributed by atoms with Crippen LogP contribution in [-0.2, 0) is 11.3 Å². The topological polar surface area (TPSA) is 93.3 Å². The Balaban J connectivity index is 1.52. The zero-order valence-corrected chi connectivity index (χ0v) is 17.9. The lowest BCUT2D eigenvalue weighted by molar-refractivity contribution is 0.0490. The van der Waals surface area contributed by atoms with Gasteiger partial charge in [0.1, 0.15) is 19.8 Å². The van der Waals surface area contributed by atoms with Crippen molar-refractivity contribution in [2.45, 2.75) is 26.4 Å². The van der Waals surface area contributed by atoms with E-state index in [-0.39, 0.29) is 12.6 Å². The third-order valence-corrected chi connectivity index (χ3v) is 5.23. The molecule has 5 rings (SSSR count). The van der Waals surface area contributed by atoms with E-state index in [2.05, 4.69) is 10.2 Å². The minimum Gasteiger partial charge on any atom is -0.486 e. The molecule has 1 aliphatic rings. The van der Waals surface area contributed by atoms with Gasteiger partial charge in [-0.2, -0.15) is 10.2 Å². The smallest absolute Gasteiger partial charge is 0.339 e. The van der Waals surface area contributed by atoms with E-state index in [1.807, 2.05) is 44.3 Å². The highest BCUT2D eigenvalue weighted by atomic mass is 16.6. The Bertz CT molecular complexity index is 1260. The van der Waals surface area contributed by atoms with Crippen molar-refractivity contribution in [3.63, 3.8) is 0 Å². The number of ether oxygens (including phenoxy) is 3. The van der Waals surface area contributed by atoms with Crippen LogP contribution < -0.4 is 9.47 Å². The lowest BCUT2D eigenvalue weighted by Crippen LogP contribution is -2.15. The third kappa shape index (κ3) is 3.77. The number of rotatable bonds is 6. The van der Waals surface area contributed by atoms with Crippen molar-refractivity contribution in [1.82, 2.24) is 24.5 Å². The van der Waals surface area contributed by atoms with E-state index >= 15 is 0 Å². The third-order valence-electron chi connectivity index (χ3n) is 5.23. The molecule has 0 spiro atoms. The molecule has 0 aliphatic carbocycles. The van der Waals surface area contributed by atoms with Crippen molar-refractivity contribution >= 4 is 17.0 Å². The first-order chi connectivity index (χ1) is 15.6. The number of fused-ring (bicyclic) bond motifs is 2. The van der Waals surface area contributed by atoms with Crippen LogP contribution in [0.5, 0.6) is 11.5 Å². The van der Waals surface area contributed by atoms with E-state index in [9.17, 15) is 4.79 Å². The van der Waals surface area contributed by atoms with Gasteiger partial charge in [0.2, 0.25) is 0 Å². The molecule has 0 N–H and O–H groups in total. The number of hydrogen-bond donors (Lipinski definition) is 0. The van der Waals surface area contributed by atoms with Gasteiger partial charge < -0.3 is 14.2 Å². The number of nitrogens with zero attached hydrogens (tertiary/aromatic N) is 5. The number of benzene rings is 1. The van der Waals surface area contributed by atoms with E-state index in [1.165, 1.54) is 0 Å². The van der Waals surface area contributed by atoms with Crippen LogP contribution in [0.15, 0.2) is 48.9 Å². The van der Waals surface area contributed by atoms with Crippen LogP contribution in [0.2, 0.25) is 0 Å². The average molecular weight is 433 g/mol. The van der Waals surface area contributed by atoms with Gasteiger partial charge in [-0.1, -0.05) is 0 Å². The summed E-state index contributed by atoms with van der Waals surface area (Å²) >= 11 is 0. The summed E-state index contributed by atoms with van der Waals surface area (Å²) in [5.41, 5.74) is 2.51. The lowest BCUT2D eigenvalue weighted by Gasteiger charge is -2.19. The van der Waals surface area contributed by atoms with Crippen molar-refractivity contribution in [2.75, 3.05) is 19.8 Å². The van der Waals surface area contributed by atoms with E-state index in [1.54, 1.807) is 27.8 Å². The normalized spacial score (nSPS) is 13.0. The zero-order valence-electron chi connectivity index (χ0n) is 17.9. The molecule has 4 aromatic rings. The second kappa shape index (κ2) is 8.33. The molecule has 4 heterocycles. The summed E-state index contributed by atoms with van der Waals surface area (Å²) in [4.78, 5) is 17.8. The summed E-state index contributed by atoms with van der Waals surface area (Å²) in [5.74, 6) is 0.939. The van der Waals surface area contributed by atoms with Crippen molar-refractivity contribution in [1.29, 1.82) is 0 Å². The SMILES string of the molecule is CC(C)n1ncc2c(C(=O)OCCn3cccn3)cc(-c3ccc4c(c3)OCCO4)nc21. The molecule has 1 aliphatic heterocycles. The standard InChI is InChI=1S/C23H23N5O4/c1-15(2)28-22-18(14-25-28)17(23(29)32-9-8-27-7-3-6-24-27)13-19(26-22)16-4-5-20-21(12-16)31-11-10-30-20/h3-7,12-15H,8-11H2,1-2H3. The molecule has 0 bridgehead atoms. The van der Waals surface area contributed by atoms with Gasteiger partial charge in [-0.15, -0.1) is 0 Å². The Labute approximate surface area is 184 Å². The molecular weight excluding hydrogens is 410 g/mol. The van der Waals surface area contributed by atoms with Crippen molar-refractivity contribution in [3.05, 3.63) is 54.5 Å². The summed E-state index contributed by atoms with van der Waals surface area (Å²) in [6.07, 6.45) is 5.18. The van der Waals surface area contributed by atoms with Crippen LogP contribution in [0.4, 0.5) is 0 Å². The van der Waals surface area contributed by atoms with E-state index in [4.69, 9.17) is 19.2 Å². The monoisotopic (exact) mass is 433 g/mol. The average Bonchev–Trinajstić information content (AvgIpc) is 3.48. The van der Waals surface area contributed by atoms with Crippen LogP contribution >= 0.6 is 0 Å². The molecule has 0 saturated heterocycles. The molecule has 0 fully saturated rings. The van der Waals surface area contributed by atoms with Crippen LogP contribution in [0.25, 0.3) is 22.3 Å². The van der Waals surface area contributed by atoms with Gasteiger partial charge in [-0.3, -0.25) is 4.68 Å². The largest absolute Gasteiger partial charge is 0.486 e. The number of esters is 1. The highest BCUT2D eigenvalue weighted by Gasteiger charge is 2.21. The second-order valence-electron chi connectivity index (χ2n) is 7.74. The van der Waals surface area contributed by atoms with Crippen LogP contribution in [0.3, 0.4) is 0 Å². The van der Waals surface area contributed by atoms with Crippen LogP contribution in [-0.4, -0.2) is 50.3 Å². The Kier molecular flexibility index (Phi) is 5.22. The summed E-state index contributed by atoms with van der Waals surface area (Å²) in [7, 11) is 0. The Morgan fingerprint density at radius 2 is 2.00 bits per heavy atom. The Morgan fingerprint density at radius 1 is 1.16 bits per heavy atom. The van der Waals surface area contributed by atoms with Crippen LogP contribution in [0.1, 0.15) is 30.2 Å². The van der Waals surface area contributed by atoms with Gasteiger partial charge in [-0.25, -0.2) is 14.5 Å². The van der Waals surface area contributed by atoms with Crippen molar-refractivity contribution in [2.24, 2.45) is 0 Å². The highest BCUT2D eigenvalue weighted by molar-refractivity contribution is 6.03. The first-order valence-corrected chi connectivity index (χ1v) is 10.5. The summed E-state index contributed by atoms with van der Waals surface area (Å²) < 4.78 is 20.4. The van der Waals surface area contributed by atoms with Gasteiger partial charge in [0, 0.05) is 24.0 Å². The van der Waals surface area contributed by atoms with Gasteiger partial charge in [0.25, 0.3) is 0 Å². The Hall–Kier alpha value is -3.88. The molecule has 164 valence electrons. The molecule has 9 heteroatoms. The quantitative estimate of drug-likeness (QED) is 0.430. The first-order valence-electron chi connectivity index (χ1n) is 10.5. The molecular formula is C23H23N5O4. The minimum absolute atomic E-state index is 0.0826. The Morgan fingerprint density at radius 3 is 2.78 bits per heavy atom. The summed E-state index contributed by atoms with van der Waals surface area (Å²) in [6, 6.07) is 9.30. The maximum atomic E-state index is 13.0. The van der Waals surface area contributed by atoms with Gasteiger partial charge in [-0.05, 0) is 44.2 Å². The maximum absolute atomic E-state index is 13.0. The maximum Gasteiger partial charge on any atom is 0.339 e. The van der Waals surface area contributed by atoms with E-state index < -0.39 is 5.97 Å². The van der Waals surface area contributed by atoms with Crippen molar-refractivity contribution < 1.29 is 19.0 Å². The molecule has 0 amide bonds. The molecule has 9 nitrogen and oxygen atoms in total. The molecule has 1 aromatic carbocycles. The number of carbonyl (C=O) groups excluding carboxylic acids is 1. The second-order valence-corrected chi connectivity index (χ2v) is 7.74. The molecule has 0 radical (unpaired) electrons. The number of hydrogen-bond acceptors (Lipinski definition) is 7. The number of pyridine rings is 1. The zero-order chi connectivity index (χ0) is 22.1. The van der Waals surface area contributed by atoms with Gasteiger partial charge in [0.15, 0.2) is 17.1 Å². The minimum atomic E-state index is -0.424. The highest BCUT2D eigenvalue weighted by Crippen LogP contribution is 2.35. The van der Waals surface area contributed by atoms with Crippen LogP contribution in [0, 0.1) is 0 Å². The molecule has 0 saturated carbocycles. The summed E-state index contributed by atoms with van der Waals surface area (Å²) in [6.45, 7) is 5.75. The molecule has 3 aromatic heterocycles. The van der Waals surface area contributed by atoms with E-state index in [0.717, 1.165) is 5.56 Å². The predicted octanol–water partition coefficient (Wildman–Crippen LogP) is 3.50. The predicted molar refractivity (Wildman–Crippen MR) is 117 cm³/mol. The number of carbonyl (C=O) groups is 1. The molecule has 0 atom stereocenters. The van der Waals surface area contributed by atoms with Gasteiger partial charge >= 0.3 is 5.97 Å². The summed E-state index contributed by atoms with van der Waals surface area (Å²) in [5, 5.41) is 9.24.